The monoisotopic (exact) mass is 274 g/mol. The predicted molar refractivity (Wildman–Crippen MR) is 78.4 cm³/mol. The summed E-state index contributed by atoms with van der Waals surface area (Å²) >= 11 is 0. The van der Waals surface area contributed by atoms with Gasteiger partial charge in [-0.05, 0) is 50.8 Å². The third-order valence-electron chi connectivity index (χ3n) is 3.86. The van der Waals surface area contributed by atoms with Gasteiger partial charge in [-0.1, -0.05) is 17.7 Å². The number of rotatable bonds is 3. The highest BCUT2D eigenvalue weighted by atomic mass is 16.2. The molecule has 0 spiro atoms. The highest BCUT2D eigenvalue weighted by Crippen LogP contribution is 2.24. The maximum atomic E-state index is 11.8. The van der Waals surface area contributed by atoms with Crippen molar-refractivity contribution in [2.45, 2.75) is 52.6 Å². The van der Waals surface area contributed by atoms with Crippen LogP contribution in [0.2, 0.25) is 0 Å². The van der Waals surface area contributed by atoms with E-state index >= 15 is 0 Å². The van der Waals surface area contributed by atoms with Gasteiger partial charge in [0.05, 0.1) is 6.04 Å². The summed E-state index contributed by atoms with van der Waals surface area (Å²) in [6.45, 7) is 8.34. The molecule has 1 aliphatic heterocycles. The maximum Gasteiger partial charge on any atom is 0.243 e. The smallest absolute Gasteiger partial charge is 0.243 e. The molecule has 4 heteroatoms. The number of benzene rings is 1. The van der Waals surface area contributed by atoms with Gasteiger partial charge in [-0.25, -0.2) is 0 Å². The Kier molecular flexibility index (Phi) is 4.23. The van der Waals surface area contributed by atoms with Crippen LogP contribution in [0.5, 0.6) is 0 Å². The van der Waals surface area contributed by atoms with Crippen molar-refractivity contribution < 1.29 is 9.59 Å². The number of hydrogen-bond acceptors (Lipinski definition) is 3. The Morgan fingerprint density at radius 1 is 1.20 bits per heavy atom. The molecular formula is C16H22N2O2. The second-order valence-electron chi connectivity index (χ2n) is 5.70. The predicted octanol–water partition coefficient (Wildman–Crippen LogP) is 2.07. The Hall–Kier alpha value is -1.68. The van der Waals surface area contributed by atoms with Gasteiger partial charge in [0.15, 0.2) is 0 Å². The van der Waals surface area contributed by atoms with Crippen molar-refractivity contribution in [2.75, 3.05) is 0 Å². The molecule has 20 heavy (non-hydrogen) atoms. The quantitative estimate of drug-likeness (QED) is 0.830. The summed E-state index contributed by atoms with van der Waals surface area (Å²) in [6, 6.07) is 4.11. The number of hydrogen-bond donors (Lipinski definition) is 2. The first kappa shape index (κ1) is 14.7. The van der Waals surface area contributed by atoms with E-state index in [1.807, 2.05) is 0 Å². The van der Waals surface area contributed by atoms with Gasteiger partial charge in [-0.2, -0.15) is 0 Å². The first-order valence-corrected chi connectivity index (χ1v) is 7.06. The molecule has 2 atom stereocenters. The molecule has 0 bridgehead atoms. The normalized spacial score (nSPS) is 20.7. The average Bonchev–Trinajstić information content (AvgIpc) is 2.31. The molecule has 0 aliphatic carbocycles. The van der Waals surface area contributed by atoms with Crippen molar-refractivity contribution in [1.82, 2.24) is 10.6 Å². The van der Waals surface area contributed by atoms with Crippen LogP contribution in [-0.4, -0.2) is 17.9 Å². The van der Waals surface area contributed by atoms with E-state index < -0.39 is 0 Å². The second-order valence-corrected chi connectivity index (χ2v) is 5.70. The van der Waals surface area contributed by atoms with Crippen LogP contribution in [0, 0.1) is 20.8 Å². The third kappa shape index (κ3) is 3.07. The Labute approximate surface area is 119 Å². The minimum atomic E-state index is -0.289. The van der Waals surface area contributed by atoms with E-state index in [0.717, 1.165) is 0 Å². The number of nitrogens with one attached hydrogen (secondary N) is 2. The number of carbonyl (C=O) groups is 2. The molecule has 1 fully saturated rings. The van der Waals surface area contributed by atoms with Crippen molar-refractivity contribution in [3.05, 3.63) is 34.4 Å². The lowest BCUT2D eigenvalue weighted by Crippen LogP contribution is -2.51. The zero-order chi connectivity index (χ0) is 14.9. The van der Waals surface area contributed by atoms with E-state index in [1.54, 1.807) is 0 Å². The number of imide groups is 1. The Morgan fingerprint density at radius 3 is 2.35 bits per heavy atom. The van der Waals surface area contributed by atoms with Crippen LogP contribution in [0.25, 0.3) is 0 Å². The molecule has 1 aromatic carbocycles. The van der Waals surface area contributed by atoms with Gasteiger partial charge in [-0.15, -0.1) is 0 Å². The molecule has 2 unspecified atom stereocenters. The van der Waals surface area contributed by atoms with E-state index in [2.05, 4.69) is 50.5 Å². The molecule has 2 amide bonds. The summed E-state index contributed by atoms with van der Waals surface area (Å²) in [6.07, 6.45) is 0.973. The van der Waals surface area contributed by atoms with Gasteiger partial charge in [0.25, 0.3) is 0 Å². The highest BCUT2D eigenvalue weighted by Gasteiger charge is 2.28. The van der Waals surface area contributed by atoms with Gasteiger partial charge >= 0.3 is 0 Å². The van der Waals surface area contributed by atoms with Gasteiger partial charge in [-0.3, -0.25) is 20.2 Å². The highest BCUT2D eigenvalue weighted by molar-refractivity contribution is 6.00. The number of aryl methyl sites for hydroxylation is 3. The summed E-state index contributed by atoms with van der Waals surface area (Å²) in [5.41, 5.74) is 4.95. The molecule has 0 radical (unpaired) electrons. The number of amides is 2. The third-order valence-corrected chi connectivity index (χ3v) is 3.86. The topological polar surface area (TPSA) is 58.2 Å². The van der Waals surface area contributed by atoms with Crippen LogP contribution in [0.15, 0.2) is 12.1 Å². The summed E-state index contributed by atoms with van der Waals surface area (Å²) in [7, 11) is 0. The van der Waals surface area contributed by atoms with Crippen LogP contribution in [0.4, 0.5) is 0 Å². The maximum absolute atomic E-state index is 11.8. The zero-order valence-corrected chi connectivity index (χ0v) is 12.5. The zero-order valence-electron chi connectivity index (χ0n) is 12.5. The van der Waals surface area contributed by atoms with E-state index in [0.29, 0.717) is 12.8 Å². The molecule has 2 N–H and O–H groups in total. The van der Waals surface area contributed by atoms with E-state index in [1.165, 1.54) is 22.3 Å². The molecule has 108 valence electrons. The lowest BCUT2D eigenvalue weighted by atomic mass is 9.93. The summed E-state index contributed by atoms with van der Waals surface area (Å²) in [5, 5.41) is 5.73. The minimum absolute atomic E-state index is 0.0829. The molecule has 0 saturated carbocycles. The van der Waals surface area contributed by atoms with Crippen LogP contribution >= 0.6 is 0 Å². The lowest BCUT2D eigenvalue weighted by molar-refractivity contribution is -0.134. The van der Waals surface area contributed by atoms with Crippen LogP contribution in [-0.2, 0) is 9.59 Å². The van der Waals surface area contributed by atoms with Crippen molar-refractivity contribution in [3.63, 3.8) is 0 Å². The van der Waals surface area contributed by atoms with Crippen molar-refractivity contribution >= 4 is 11.8 Å². The van der Waals surface area contributed by atoms with Crippen molar-refractivity contribution in [1.29, 1.82) is 0 Å². The molecule has 1 heterocycles. The molecule has 1 aromatic rings. The van der Waals surface area contributed by atoms with E-state index in [-0.39, 0.29) is 23.9 Å². The number of carbonyl (C=O) groups excluding carboxylic acids is 2. The first-order chi connectivity index (χ1) is 9.38. The lowest BCUT2D eigenvalue weighted by Gasteiger charge is -2.27. The minimum Gasteiger partial charge on any atom is -0.299 e. The molecule has 0 aromatic heterocycles. The fraction of sp³-hybridized carbons (Fsp3) is 0.500. The second kappa shape index (κ2) is 5.75. The summed E-state index contributed by atoms with van der Waals surface area (Å²) < 4.78 is 0. The summed E-state index contributed by atoms with van der Waals surface area (Å²) in [5.74, 6) is -0.390. The Balaban J connectivity index is 2.14. The fourth-order valence-electron chi connectivity index (χ4n) is 3.11. The van der Waals surface area contributed by atoms with E-state index in [9.17, 15) is 9.59 Å². The van der Waals surface area contributed by atoms with Gasteiger partial charge in [0.1, 0.15) is 0 Å². The molecule has 2 rings (SSSR count). The largest absolute Gasteiger partial charge is 0.299 e. The van der Waals surface area contributed by atoms with Gasteiger partial charge < -0.3 is 0 Å². The van der Waals surface area contributed by atoms with Crippen molar-refractivity contribution in [2.24, 2.45) is 0 Å². The molecular weight excluding hydrogens is 252 g/mol. The average molecular weight is 274 g/mol. The Morgan fingerprint density at radius 2 is 1.80 bits per heavy atom. The van der Waals surface area contributed by atoms with E-state index in [4.69, 9.17) is 0 Å². The van der Waals surface area contributed by atoms with Gasteiger partial charge in [0.2, 0.25) is 11.8 Å². The van der Waals surface area contributed by atoms with Crippen LogP contribution in [0.3, 0.4) is 0 Å². The first-order valence-electron chi connectivity index (χ1n) is 7.06. The standard InChI is InChI=1S/C16H22N2O2/c1-9-7-10(2)15(11(3)8-9)12(4)17-13-5-6-14(19)18-16(13)20/h7-8,12-13,17H,5-6H2,1-4H3,(H,18,19,20). The SMILES string of the molecule is Cc1cc(C)c(C(C)NC2CCC(=O)NC2=O)c(C)c1. The van der Waals surface area contributed by atoms with Crippen molar-refractivity contribution in [3.8, 4) is 0 Å². The Bertz CT molecular complexity index is 528. The summed E-state index contributed by atoms with van der Waals surface area (Å²) in [4.78, 5) is 23.0. The van der Waals surface area contributed by atoms with Crippen LogP contribution in [0.1, 0.15) is 48.1 Å². The number of piperidine rings is 1. The van der Waals surface area contributed by atoms with Gasteiger partial charge in [0, 0.05) is 12.5 Å². The van der Waals surface area contributed by atoms with Crippen LogP contribution < -0.4 is 10.6 Å². The molecule has 1 aliphatic rings. The molecule has 4 nitrogen and oxygen atoms in total. The fourth-order valence-corrected chi connectivity index (χ4v) is 3.11. The molecule has 1 saturated heterocycles.